The van der Waals surface area contributed by atoms with Crippen LogP contribution in [-0.4, -0.2) is 6.54 Å². The van der Waals surface area contributed by atoms with Crippen LogP contribution >= 0.6 is 11.8 Å². The van der Waals surface area contributed by atoms with Crippen molar-refractivity contribution < 1.29 is 8.81 Å². The number of halogens is 1. The van der Waals surface area contributed by atoms with Crippen LogP contribution in [-0.2, 0) is 6.42 Å². The van der Waals surface area contributed by atoms with Crippen molar-refractivity contribution in [2.45, 2.75) is 23.1 Å². The summed E-state index contributed by atoms with van der Waals surface area (Å²) < 4.78 is 19.0. The maximum atomic E-state index is 13.8. The minimum atomic E-state index is -0.207. The van der Waals surface area contributed by atoms with Gasteiger partial charge in [-0.1, -0.05) is 17.8 Å². The molecule has 0 saturated carbocycles. The highest BCUT2D eigenvalue weighted by atomic mass is 32.2. The molecular weight excluding hydrogens is 237 g/mol. The highest BCUT2D eigenvalue weighted by Crippen LogP contribution is 2.32. The van der Waals surface area contributed by atoms with Crippen LogP contribution in [0.3, 0.4) is 0 Å². The molecule has 0 aliphatic rings. The van der Waals surface area contributed by atoms with Crippen LogP contribution in [0.1, 0.15) is 11.3 Å². The fourth-order valence-corrected chi connectivity index (χ4v) is 2.39. The minimum Gasteiger partial charge on any atom is -0.468 e. The van der Waals surface area contributed by atoms with Gasteiger partial charge in [-0.25, -0.2) is 4.39 Å². The predicted octanol–water partition coefficient (Wildman–Crippen LogP) is 3.38. The first-order chi connectivity index (χ1) is 8.20. The van der Waals surface area contributed by atoms with Crippen LogP contribution in [0.4, 0.5) is 4.39 Å². The Morgan fingerprint density at radius 2 is 2.12 bits per heavy atom. The quantitative estimate of drug-likeness (QED) is 0.905. The van der Waals surface area contributed by atoms with Crippen LogP contribution in [0.5, 0.6) is 0 Å². The molecule has 0 spiro atoms. The molecule has 2 rings (SSSR count). The zero-order chi connectivity index (χ0) is 12.3. The first-order valence-electron chi connectivity index (χ1n) is 5.41. The molecule has 0 unspecified atom stereocenters. The van der Waals surface area contributed by atoms with Crippen molar-refractivity contribution in [2.75, 3.05) is 6.54 Å². The van der Waals surface area contributed by atoms with Gasteiger partial charge < -0.3 is 10.2 Å². The van der Waals surface area contributed by atoms with Gasteiger partial charge in [-0.3, -0.25) is 0 Å². The van der Waals surface area contributed by atoms with Crippen LogP contribution in [0.2, 0.25) is 0 Å². The minimum absolute atomic E-state index is 0.207. The van der Waals surface area contributed by atoms with E-state index in [1.165, 1.54) is 11.8 Å². The van der Waals surface area contributed by atoms with E-state index in [0.29, 0.717) is 17.9 Å². The molecule has 0 aliphatic heterocycles. The van der Waals surface area contributed by atoms with Gasteiger partial charge in [-0.2, -0.15) is 0 Å². The number of benzene rings is 1. The zero-order valence-corrected chi connectivity index (χ0v) is 10.4. The first-order valence-corrected chi connectivity index (χ1v) is 6.23. The molecule has 1 aromatic carbocycles. The molecule has 2 nitrogen and oxygen atoms in total. The lowest BCUT2D eigenvalue weighted by Crippen LogP contribution is -2.02. The molecular formula is C13H14FNOS. The summed E-state index contributed by atoms with van der Waals surface area (Å²) in [5, 5.41) is 0. The van der Waals surface area contributed by atoms with E-state index in [1.807, 2.05) is 19.1 Å². The van der Waals surface area contributed by atoms with Crippen molar-refractivity contribution in [1.82, 2.24) is 0 Å². The summed E-state index contributed by atoms with van der Waals surface area (Å²) in [6.45, 7) is 2.40. The molecule has 4 heteroatoms. The van der Waals surface area contributed by atoms with Crippen LogP contribution in [0, 0.1) is 12.7 Å². The predicted molar refractivity (Wildman–Crippen MR) is 66.7 cm³/mol. The average molecular weight is 251 g/mol. The number of rotatable bonds is 4. The second kappa shape index (κ2) is 5.38. The molecule has 0 saturated heterocycles. The summed E-state index contributed by atoms with van der Waals surface area (Å²) in [4.78, 5) is 1.55. The first kappa shape index (κ1) is 12.2. The Kier molecular flexibility index (Phi) is 3.86. The molecule has 2 N–H and O–H groups in total. The zero-order valence-electron chi connectivity index (χ0n) is 9.57. The van der Waals surface area contributed by atoms with Gasteiger partial charge in [0.25, 0.3) is 0 Å². The Morgan fingerprint density at radius 3 is 2.71 bits per heavy atom. The fraction of sp³-hybridized carbons (Fsp3) is 0.231. The largest absolute Gasteiger partial charge is 0.468 e. The van der Waals surface area contributed by atoms with Crippen molar-refractivity contribution in [1.29, 1.82) is 0 Å². The average Bonchev–Trinajstić information content (AvgIpc) is 2.69. The van der Waals surface area contributed by atoms with Crippen molar-refractivity contribution >= 4 is 11.8 Å². The highest BCUT2D eigenvalue weighted by Gasteiger charge is 2.08. The Bertz CT molecular complexity index is 510. The van der Waals surface area contributed by atoms with E-state index in [1.54, 1.807) is 18.4 Å². The van der Waals surface area contributed by atoms with Gasteiger partial charge in [-0.15, -0.1) is 0 Å². The van der Waals surface area contributed by atoms with Crippen LogP contribution < -0.4 is 5.73 Å². The standard InChI is InChI=1S/C13H14FNOS/c1-9-12(5-7-16-9)17-13-3-2-10(4-6-15)8-11(13)14/h2-3,5,7-8H,4,6,15H2,1H3. The molecule has 0 bridgehead atoms. The Balaban J connectivity index is 2.19. The Labute approximate surface area is 104 Å². The number of hydrogen-bond acceptors (Lipinski definition) is 3. The van der Waals surface area contributed by atoms with E-state index in [0.717, 1.165) is 16.2 Å². The third kappa shape index (κ3) is 2.90. The van der Waals surface area contributed by atoms with E-state index >= 15 is 0 Å². The molecule has 0 fully saturated rings. The lowest BCUT2D eigenvalue weighted by atomic mass is 10.1. The van der Waals surface area contributed by atoms with Crippen molar-refractivity contribution in [2.24, 2.45) is 5.73 Å². The van der Waals surface area contributed by atoms with Crippen LogP contribution in [0.25, 0.3) is 0 Å². The maximum absolute atomic E-state index is 13.8. The molecule has 17 heavy (non-hydrogen) atoms. The maximum Gasteiger partial charge on any atom is 0.137 e. The third-order valence-electron chi connectivity index (χ3n) is 2.46. The number of nitrogens with two attached hydrogens (primary N) is 1. The Morgan fingerprint density at radius 1 is 1.29 bits per heavy atom. The van der Waals surface area contributed by atoms with Gasteiger partial charge >= 0.3 is 0 Å². The van der Waals surface area contributed by atoms with Gasteiger partial charge in [0.15, 0.2) is 0 Å². The summed E-state index contributed by atoms with van der Waals surface area (Å²) in [6, 6.07) is 7.09. The van der Waals surface area contributed by atoms with E-state index < -0.39 is 0 Å². The van der Waals surface area contributed by atoms with Crippen molar-refractivity contribution in [3.05, 3.63) is 47.7 Å². The Hall–Kier alpha value is -1.26. The molecule has 1 aromatic heterocycles. The van der Waals surface area contributed by atoms with Gasteiger partial charge in [0.2, 0.25) is 0 Å². The molecule has 0 radical (unpaired) electrons. The monoisotopic (exact) mass is 251 g/mol. The molecule has 1 heterocycles. The van der Waals surface area contributed by atoms with Gasteiger partial charge in [-0.05, 0) is 43.7 Å². The normalized spacial score (nSPS) is 10.8. The molecule has 0 aliphatic carbocycles. The summed E-state index contributed by atoms with van der Waals surface area (Å²) >= 11 is 1.37. The second-order valence-corrected chi connectivity index (χ2v) is 4.83. The molecule has 90 valence electrons. The van der Waals surface area contributed by atoms with Crippen LogP contribution in [0.15, 0.2) is 44.7 Å². The van der Waals surface area contributed by atoms with Gasteiger partial charge in [0.1, 0.15) is 11.6 Å². The fourth-order valence-electron chi connectivity index (χ4n) is 1.55. The van der Waals surface area contributed by atoms with Gasteiger partial charge in [0, 0.05) is 4.90 Å². The number of furan rings is 1. The van der Waals surface area contributed by atoms with Gasteiger partial charge in [0.05, 0.1) is 11.2 Å². The third-order valence-corrected chi connectivity index (χ3v) is 3.65. The van der Waals surface area contributed by atoms with E-state index in [4.69, 9.17) is 10.2 Å². The van der Waals surface area contributed by atoms with E-state index in [9.17, 15) is 4.39 Å². The van der Waals surface area contributed by atoms with Crippen molar-refractivity contribution in [3.8, 4) is 0 Å². The van der Waals surface area contributed by atoms with E-state index in [2.05, 4.69) is 0 Å². The highest BCUT2D eigenvalue weighted by molar-refractivity contribution is 7.99. The topological polar surface area (TPSA) is 39.2 Å². The molecule has 2 aromatic rings. The summed E-state index contributed by atoms with van der Waals surface area (Å²) in [5.74, 6) is 0.599. The summed E-state index contributed by atoms with van der Waals surface area (Å²) in [7, 11) is 0. The summed E-state index contributed by atoms with van der Waals surface area (Å²) in [6.07, 6.45) is 2.31. The summed E-state index contributed by atoms with van der Waals surface area (Å²) in [5.41, 5.74) is 6.37. The lowest BCUT2D eigenvalue weighted by molar-refractivity contribution is 0.526. The smallest absolute Gasteiger partial charge is 0.137 e. The molecule has 0 amide bonds. The second-order valence-electron chi connectivity index (χ2n) is 3.75. The lowest BCUT2D eigenvalue weighted by Gasteiger charge is -2.04. The van der Waals surface area contributed by atoms with E-state index in [-0.39, 0.29) is 5.82 Å². The number of aryl methyl sites for hydroxylation is 1. The molecule has 0 atom stereocenters. The number of hydrogen-bond donors (Lipinski definition) is 1. The van der Waals surface area contributed by atoms with Crippen molar-refractivity contribution in [3.63, 3.8) is 0 Å². The SMILES string of the molecule is Cc1occc1Sc1ccc(CCN)cc1F.